The number of ether oxygens (including phenoxy) is 1. The molecule has 1 saturated heterocycles. The number of amides is 3. The third-order valence-corrected chi connectivity index (χ3v) is 6.65. The molecule has 0 radical (unpaired) electrons. The first-order chi connectivity index (χ1) is 13.6. The van der Waals surface area contributed by atoms with Crippen LogP contribution >= 0.6 is 0 Å². The Balaban J connectivity index is 1.65. The molecule has 6 heteroatoms. The van der Waals surface area contributed by atoms with E-state index in [2.05, 4.69) is 0 Å². The number of imide groups is 1. The highest BCUT2D eigenvalue weighted by Crippen LogP contribution is 2.41. The zero-order valence-corrected chi connectivity index (χ0v) is 16.5. The van der Waals surface area contributed by atoms with Gasteiger partial charge in [-0.3, -0.25) is 19.3 Å². The molecule has 0 unspecified atom stereocenters. The lowest BCUT2D eigenvalue weighted by atomic mass is 9.86. The molecule has 1 spiro atoms. The zero-order chi connectivity index (χ0) is 19.7. The number of carbonyl (C=O) groups is 3. The number of methoxy groups -OCH3 is 1. The number of carbonyl (C=O) groups excluding carboxylic acids is 3. The predicted molar refractivity (Wildman–Crippen MR) is 104 cm³/mol. The lowest BCUT2D eigenvalue weighted by Gasteiger charge is -2.49. The van der Waals surface area contributed by atoms with Gasteiger partial charge < -0.3 is 9.64 Å². The van der Waals surface area contributed by atoms with Gasteiger partial charge in [-0.25, -0.2) is 0 Å². The molecule has 4 rings (SSSR count). The average molecular weight is 384 g/mol. The maximum atomic E-state index is 13.6. The molecule has 150 valence electrons. The van der Waals surface area contributed by atoms with Gasteiger partial charge in [-0.15, -0.1) is 0 Å². The number of nitrogens with zero attached hydrogens (tertiary/aromatic N) is 2. The molecule has 28 heavy (non-hydrogen) atoms. The maximum Gasteiger partial charge on any atom is 0.255 e. The van der Waals surface area contributed by atoms with Gasteiger partial charge in [-0.1, -0.05) is 32.1 Å². The van der Waals surface area contributed by atoms with Crippen molar-refractivity contribution in [2.45, 2.75) is 69.4 Å². The summed E-state index contributed by atoms with van der Waals surface area (Å²) in [6, 6.07) is 6.87. The van der Waals surface area contributed by atoms with Crippen molar-refractivity contribution in [1.29, 1.82) is 0 Å². The van der Waals surface area contributed by atoms with Crippen LogP contribution in [-0.4, -0.2) is 52.8 Å². The summed E-state index contributed by atoms with van der Waals surface area (Å²) in [7, 11) is 1.58. The highest BCUT2D eigenvalue weighted by molar-refractivity contribution is 6.09. The van der Waals surface area contributed by atoms with Crippen LogP contribution in [0.2, 0.25) is 0 Å². The minimum atomic E-state index is -0.859. The van der Waals surface area contributed by atoms with Gasteiger partial charge in [0.25, 0.3) is 11.8 Å². The quantitative estimate of drug-likeness (QED) is 0.751. The van der Waals surface area contributed by atoms with Gasteiger partial charge in [-0.05, 0) is 49.9 Å². The normalized spacial score (nSPS) is 22.8. The van der Waals surface area contributed by atoms with Gasteiger partial charge in [-0.2, -0.15) is 0 Å². The highest BCUT2D eigenvalue weighted by Gasteiger charge is 2.56. The molecule has 3 fully saturated rings. The van der Waals surface area contributed by atoms with Gasteiger partial charge in [0.1, 0.15) is 17.8 Å². The smallest absolute Gasteiger partial charge is 0.255 e. The fourth-order valence-electron chi connectivity index (χ4n) is 5.12. The first-order valence-corrected chi connectivity index (χ1v) is 10.4. The Morgan fingerprint density at radius 2 is 1.64 bits per heavy atom. The van der Waals surface area contributed by atoms with Crippen molar-refractivity contribution < 1.29 is 19.1 Å². The van der Waals surface area contributed by atoms with Crippen LogP contribution in [0, 0.1) is 0 Å². The first-order valence-electron chi connectivity index (χ1n) is 10.4. The van der Waals surface area contributed by atoms with E-state index in [0.717, 1.165) is 38.5 Å². The molecule has 1 heterocycles. The Labute approximate surface area is 165 Å². The van der Waals surface area contributed by atoms with Crippen molar-refractivity contribution in [3.8, 4) is 5.75 Å². The van der Waals surface area contributed by atoms with Crippen molar-refractivity contribution in [2.24, 2.45) is 0 Å². The second-order valence-corrected chi connectivity index (χ2v) is 8.22. The minimum Gasteiger partial charge on any atom is -0.497 e. The van der Waals surface area contributed by atoms with Crippen LogP contribution in [0.5, 0.6) is 5.75 Å². The van der Waals surface area contributed by atoms with E-state index in [1.54, 1.807) is 36.3 Å². The Bertz CT molecular complexity index is 761. The second kappa shape index (κ2) is 7.57. The van der Waals surface area contributed by atoms with Crippen LogP contribution in [-0.2, 0) is 9.59 Å². The number of piperazine rings is 1. The maximum absolute atomic E-state index is 13.6. The van der Waals surface area contributed by atoms with Crippen LogP contribution in [0.3, 0.4) is 0 Å². The standard InChI is InChI=1S/C22H28N2O4/c1-28-18-11-9-16(10-12-18)20(26)23-15-19(25)24(17-7-3-2-4-8-17)21(27)22(23)13-5-6-14-22/h9-12,17H,2-8,13-15H2,1H3. The van der Waals surface area contributed by atoms with E-state index < -0.39 is 5.54 Å². The molecule has 0 bridgehead atoms. The fraction of sp³-hybridized carbons (Fsp3) is 0.591. The molecule has 2 aliphatic carbocycles. The van der Waals surface area contributed by atoms with Crippen LogP contribution in [0.1, 0.15) is 68.1 Å². The number of benzene rings is 1. The van der Waals surface area contributed by atoms with Crippen LogP contribution in [0.15, 0.2) is 24.3 Å². The summed E-state index contributed by atoms with van der Waals surface area (Å²) >= 11 is 0. The predicted octanol–water partition coefficient (Wildman–Crippen LogP) is 3.15. The molecule has 3 aliphatic rings. The average Bonchev–Trinajstić information content (AvgIpc) is 3.22. The number of hydrogen-bond acceptors (Lipinski definition) is 4. The van der Waals surface area contributed by atoms with Crippen molar-refractivity contribution >= 4 is 17.7 Å². The lowest BCUT2D eigenvalue weighted by molar-refractivity contribution is -0.164. The Morgan fingerprint density at radius 3 is 2.25 bits per heavy atom. The van der Waals surface area contributed by atoms with Crippen molar-refractivity contribution in [3.05, 3.63) is 29.8 Å². The van der Waals surface area contributed by atoms with E-state index in [1.165, 1.54) is 11.3 Å². The Hall–Kier alpha value is -2.37. The minimum absolute atomic E-state index is 0.00413. The molecular weight excluding hydrogens is 356 g/mol. The van der Waals surface area contributed by atoms with Gasteiger partial charge in [0.2, 0.25) is 5.91 Å². The zero-order valence-electron chi connectivity index (χ0n) is 16.5. The molecule has 3 amide bonds. The summed E-state index contributed by atoms with van der Waals surface area (Å²) in [6.45, 7) is -0.00684. The molecule has 2 saturated carbocycles. The molecule has 6 nitrogen and oxygen atoms in total. The largest absolute Gasteiger partial charge is 0.497 e. The van der Waals surface area contributed by atoms with Crippen LogP contribution in [0.25, 0.3) is 0 Å². The number of hydrogen-bond donors (Lipinski definition) is 0. The van der Waals surface area contributed by atoms with Crippen molar-refractivity contribution in [3.63, 3.8) is 0 Å². The molecule has 1 aromatic carbocycles. The van der Waals surface area contributed by atoms with Crippen molar-refractivity contribution in [1.82, 2.24) is 9.80 Å². The van der Waals surface area contributed by atoms with E-state index in [0.29, 0.717) is 24.2 Å². The van der Waals surface area contributed by atoms with E-state index in [9.17, 15) is 14.4 Å². The van der Waals surface area contributed by atoms with Crippen LogP contribution in [0.4, 0.5) is 0 Å². The van der Waals surface area contributed by atoms with E-state index >= 15 is 0 Å². The van der Waals surface area contributed by atoms with Crippen LogP contribution < -0.4 is 4.74 Å². The summed E-state index contributed by atoms with van der Waals surface area (Å²) in [5.74, 6) is 0.0576. The first kappa shape index (κ1) is 19.0. The van der Waals surface area contributed by atoms with Gasteiger partial charge in [0.05, 0.1) is 7.11 Å². The molecule has 1 aromatic rings. The molecule has 0 aromatic heterocycles. The summed E-state index contributed by atoms with van der Waals surface area (Å²) in [6.07, 6.45) is 8.16. The van der Waals surface area contributed by atoms with E-state index in [1.807, 2.05) is 0 Å². The van der Waals surface area contributed by atoms with Gasteiger partial charge >= 0.3 is 0 Å². The highest BCUT2D eigenvalue weighted by atomic mass is 16.5. The summed E-state index contributed by atoms with van der Waals surface area (Å²) < 4.78 is 5.16. The SMILES string of the molecule is COc1ccc(C(=O)N2CC(=O)N(C3CCCCC3)C(=O)C23CCCC3)cc1. The van der Waals surface area contributed by atoms with E-state index in [-0.39, 0.29) is 30.3 Å². The van der Waals surface area contributed by atoms with E-state index in [4.69, 9.17) is 4.74 Å². The molecular formula is C22H28N2O4. The summed E-state index contributed by atoms with van der Waals surface area (Å²) in [5, 5.41) is 0. The molecule has 0 atom stereocenters. The Kier molecular flexibility index (Phi) is 5.13. The fourth-order valence-corrected chi connectivity index (χ4v) is 5.12. The second-order valence-electron chi connectivity index (χ2n) is 8.22. The molecule has 0 N–H and O–H groups in total. The summed E-state index contributed by atoms with van der Waals surface area (Å²) in [4.78, 5) is 43.0. The monoisotopic (exact) mass is 384 g/mol. The topological polar surface area (TPSA) is 66.9 Å². The lowest BCUT2D eigenvalue weighted by Crippen LogP contribution is -2.69. The molecule has 1 aliphatic heterocycles. The Morgan fingerprint density at radius 1 is 1.00 bits per heavy atom. The van der Waals surface area contributed by atoms with Crippen molar-refractivity contribution in [2.75, 3.05) is 13.7 Å². The third kappa shape index (κ3) is 3.09. The third-order valence-electron chi connectivity index (χ3n) is 6.65. The van der Waals surface area contributed by atoms with Gasteiger partial charge in [0, 0.05) is 11.6 Å². The summed E-state index contributed by atoms with van der Waals surface area (Å²) in [5.41, 5.74) is -0.374. The van der Waals surface area contributed by atoms with Gasteiger partial charge in [0.15, 0.2) is 0 Å². The number of rotatable bonds is 3.